The minimum absolute atomic E-state index is 0.209. The highest BCUT2D eigenvalue weighted by atomic mass is 32.2. The molecule has 0 spiro atoms. The van der Waals surface area contributed by atoms with Crippen molar-refractivity contribution in [3.05, 3.63) is 0 Å². The Morgan fingerprint density at radius 1 is 1.40 bits per heavy atom. The van der Waals surface area contributed by atoms with Crippen LogP contribution in [0.2, 0.25) is 0 Å². The van der Waals surface area contributed by atoms with Gasteiger partial charge in [-0.2, -0.15) is 0 Å². The molecule has 0 aliphatic heterocycles. The number of rotatable bonds is 4. The minimum atomic E-state index is -3.19. The van der Waals surface area contributed by atoms with Gasteiger partial charge in [0.1, 0.15) is 0 Å². The van der Waals surface area contributed by atoms with Gasteiger partial charge in [0, 0.05) is 0 Å². The van der Waals surface area contributed by atoms with Gasteiger partial charge in [-0.1, -0.05) is 19.8 Å². The zero-order valence-corrected chi connectivity index (χ0v) is 9.79. The Kier molecular flexibility index (Phi) is 4.13. The molecule has 2 atom stereocenters. The topological polar surface area (TPSA) is 71.4 Å². The number of sulfone groups is 1. The Labute approximate surface area is 90.6 Å². The Morgan fingerprint density at radius 2 is 2.07 bits per heavy atom. The lowest BCUT2D eigenvalue weighted by Gasteiger charge is -2.26. The first-order chi connectivity index (χ1) is 6.92. The van der Waals surface area contributed by atoms with E-state index in [1.54, 1.807) is 0 Å². The van der Waals surface area contributed by atoms with E-state index in [9.17, 15) is 13.2 Å². The molecular weight excluding hydrogens is 216 g/mol. The lowest BCUT2D eigenvalue weighted by Crippen LogP contribution is -2.30. The van der Waals surface area contributed by atoms with Crippen LogP contribution in [0.1, 0.15) is 39.0 Å². The van der Waals surface area contributed by atoms with E-state index in [4.69, 9.17) is 5.11 Å². The van der Waals surface area contributed by atoms with Crippen molar-refractivity contribution in [2.75, 3.05) is 5.75 Å². The van der Waals surface area contributed by atoms with E-state index < -0.39 is 15.8 Å². The quantitative estimate of drug-likeness (QED) is 0.799. The van der Waals surface area contributed by atoms with Gasteiger partial charge in [-0.25, -0.2) is 8.42 Å². The maximum atomic E-state index is 11.8. The fourth-order valence-electron chi connectivity index (χ4n) is 2.10. The summed E-state index contributed by atoms with van der Waals surface area (Å²) in [7, 11) is -3.19. The largest absolute Gasteiger partial charge is 0.481 e. The highest BCUT2D eigenvalue weighted by Gasteiger charge is 2.30. The summed E-state index contributed by atoms with van der Waals surface area (Å²) in [6.45, 7) is 2.05. The third-order valence-electron chi connectivity index (χ3n) is 3.00. The van der Waals surface area contributed by atoms with Crippen LogP contribution in [0.15, 0.2) is 0 Å². The Bertz CT molecular complexity index is 320. The minimum Gasteiger partial charge on any atom is -0.481 e. The molecule has 1 N–H and O–H groups in total. The van der Waals surface area contributed by atoms with E-state index in [1.165, 1.54) is 0 Å². The summed E-state index contributed by atoms with van der Waals surface area (Å²) in [5.74, 6) is -0.800. The van der Waals surface area contributed by atoms with Crippen LogP contribution in [0.5, 0.6) is 0 Å². The van der Waals surface area contributed by atoms with E-state index in [0.717, 1.165) is 12.8 Å². The van der Waals surface area contributed by atoms with E-state index in [-0.39, 0.29) is 17.4 Å². The van der Waals surface area contributed by atoms with Crippen molar-refractivity contribution in [1.29, 1.82) is 0 Å². The lowest BCUT2D eigenvalue weighted by molar-refractivity contribution is -0.136. The van der Waals surface area contributed by atoms with Crippen LogP contribution in [-0.4, -0.2) is 30.5 Å². The highest BCUT2D eigenvalue weighted by molar-refractivity contribution is 7.92. The zero-order chi connectivity index (χ0) is 11.5. The Hall–Kier alpha value is -0.580. The summed E-state index contributed by atoms with van der Waals surface area (Å²) in [6, 6.07) is 0. The summed E-state index contributed by atoms with van der Waals surface area (Å²) in [6.07, 6.45) is 3.16. The maximum Gasteiger partial charge on any atom is 0.304 e. The summed E-state index contributed by atoms with van der Waals surface area (Å²) >= 11 is 0. The van der Waals surface area contributed by atoms with Gasteiger partial charge in [-0.3, -0.25) is 4.79 Å². The smallest absolute Gasteiger partial charge is 0.304 e. The van der Waals surface area contributed by atoms with E-state index >= 15 is 0 Å². The first kappa shape index (κ1) is 12.5. The monoisotopic (exact) mass is 234 g/mol. The van der Waals surface area contributed by atoms with Crippen LogP contribution in [0.3, 0.4) is 0 Å². The van der Waals surface area contributed by atoms with E-state index in [1.807, 2.05) is 0 Å². The molecule has 1 rings (SSSR count). The molecule has 5 heteroatoms. The molecule has 2 unspecified atom stereocenters. The van der Waals surface area contributed by atoms with Crippen LogP contribution >= 0.6 is 0 Å². The van der Waals surface area contributed by atoms with Gasteiger partial charge in [0.05, 0.1) is 17.4 Å². The van der Waals surface area contributed by atoms with Gasteiger partial charge in [-0.15, -0.1) is 0 Å². The number of carboxylic acid groups (broad SMARTS) is 1. The Morgan fingerprint density at radius 3 is 2.60 bits per heavy atom. The molecular formula is C10H18O4S. The van der Waals surface area contributed by atoms with Crippen LogP contribution in [0.25, 0.3) is 0 Å². The molecule has 1 aliphatic carbocycles. The number of aliphatic carboxylic acids is 1. The maximum absolute atomic E-state index is 11.8. The van der Waals surface area contributed by atoms with Gasteiger partial charge in [0.15, 0.2) is 9.84 Å². The van der Waals surface area contributed by atoms with Gasteiger partial charge < -0.3 is 5.11 Å². The number of hydrogen-bond acceptors (Lipinski definition) is 3. The standard InChI is InChI=1S/C10H18O4S/c1-8-3-2-4-9(7-8)15(13,14)6-5-10(11)12/h8-9H,2-7H2,1H3,(H,11,12). The first-order valence-electron chi connectivity index (χ1n) is 5.35. The average molecular weight is 234 g/mol. The van der Waals surface area contributed by atoms with Crippen molar-refractivity contribution in [3.63, 3.8) is 0 Å². The summed E-state index contributed by atoms with van der Waals surface area (Å²) in [5, 5.41) is 8.16. The zero-order valence-electron chi connectivity index (χ0n) is 8.98. The molecule has 15 heavy (non-hydrogen) atoms. The fraction of sp³-hybridized carbons (Fsp3) is 0.900. The third kappa shape index (κ3) is 3.81. The molecule has 0 aromatic carbocycles. The molecule has 0 saturated heterocycles. The molecule has 1 saturated carbocycles. The highest BCUT2D eigenvalue weighted by Crippen LogP contribution is 2.28. The van der Waals surface area contributed by atoms with Crippen LogP contribution in [0, 0.1) is 5.92 Å². The van der Waals surface area contributed by atoms with Gasteiger partial charge in [-0.05, 0) is 18.8 Å². The molecule has 4 nitrogen and oxygen atoms in total. The van der Waals surface area contributed by atoms with Gasteiger partial charge >= 0.3 is 5.97 Å². The molecule has 1 fully saturated rings. The summed E-state index contributed by atoms with van der Waals surface area (Å²) in [4.78, 5) is 10.3. The second kappa shape index (κ2) is 4.96. The van der Waals surface area contributed by atoms with Crippen molar-refractivity contribution in [2.24, 2.45) is 5.92 Å². The summed E-state index contributed by atoms with van der Waals surface area (Å²) in [5.41, 5.74) is 0. The van der Waals surface area contributed by atoms with E-state index in [0.29, 0.717) is 18.8 Å². The SMILES string of the molecule is CC1CCCC(S(=O)(=O)CCC(=O)O)C1. The molecule has 88 valence electrons. The van der Waals surface area contributed by atoms with Gasteiger partial charge in [0.2, 0.25) is 0 Å². The predicted molar refractivity (Wildman–Crippen MR) is 57.5 cm³/mol. The number of carboxylic acids is 1. The predicted octanol–water partition coefficient (Wildman–Crippen LogP) is 1.45. The first-order valence-corrected chi connectivity index (χ1v) is 7.06. The molecule has 0 radical (unpaired) electrons. The van der Waals surface area contributed by atoms with Crippen molar-refractivity contribution in [3.8, 4) is 0 Å². The molecule has 0 bridgehead atoms. The Balaban J connectivity index is 2.56. The number of carbonyl (C=O) groups is 1. The van der Waals surface area contributed by atoms with Crippen LogP contribution < -0.4 is 0 Å². The van der Waals surface area contributed by atoms with Crippen molar-refractivity contribution in [2.45, 2.75) is 44.3 Å². The number of hydrogen-bond donors (Lipinski definition) is 1. The molecule has 0 heterocycles. The van der Waals surface area contributed by atoms with Crippen molar-refractivity contribution >= 4 is 15.8 Å². The molecule has 0 aromatic rings. The molecule has 0 amide bonds. The average Bonchev–Trinajstić information content (AvgIpc) is 2.15. The van der Waals surface area contributed by atoms with E-state index in [2.05, 4.69) is 6.92 Å². The fourth-order valence-corrected chi connectivity index (χ4v) is 4.04. The van der Waals surface area contributed by atoms with Crippen molar-refractivity contribution < 1.29 is 18.3 Å². The third-order valence-corrected chi connectivity index (χ3v) is 5.21. The second-order valence-electron chi connectivity index (χ2n) is 4.40. The molecule has 0 aromatic heterocycles. The molecule has 1 aliphatic rings. The lowest BCUT2D eigenvalue weighted by atomic mass is 9.91. The normalized spacial score (nSPS) is 27.5. The summed E-state index contributed by atoms with van der Waals surface area (Å²) < 4.78 is 23.5. The second-order valence-corrected chi connectivity index (χ2v) is 6.81. The van der Waals surface area contributed by atoms with Crippen molar-refractivity contribution in [1.82, 2.24) is 0 Å². The van der Waals surface area contributed by atoms with Gasteiger partial charge in [0.25, 0.3) is 0 Å². The van der Waals surface area contributed by atoms with Crippen LogP contribution in [-0.2, 0) is 14.6 Å². The van der Waals surface area contributed by atoms with Crippen LogP contribution in [0.4, 0.5) is 0 Å².